The van der Waals surface area contributed by atoms with Crippen molar-refractivity contribution in [2.75, 3.05) is 0 Å². The highest BCUT2D eigenvalue weighted by Gasteiger charge is 2.10. The molecule has 0 radical (unpaired) electrons. The summed E-state index contributed by atoms with van der Waals surface area (Å²) in [7, 11) is 2.52. The molecule has 0 aliphatic rings. The van der Waals surface area contributed by atoms with Crippen molar-refractivity contribution in [2.24, 2.45) is 0 Å². The van der Waals surface area contributed by atoms with E-state index in [1.807, 2.05) is 16.6 Å². The van der Waals surface area contributed by atoms with Crippen molar-refractivity contribution in [3.05, 3.63) is 29.3 Å². The molecule has 0 amide bonds. The molecule has 1 atom stereocenters. The average molecular weight is 196 g/mol. The SMILES string of the molecule is Cc1nc2c(ccn2P)c(C)c1F. The summed E-state index contributed by atoms with van der Waals surface area (Å²) in [6.07, 6.45) is 1.86. The molecule has 0 aliphatic heterocycles. The first-order valence-electron chi connectivity index (χ1n) is 4.00. The van der Waals surface area contributed by atoms with Crippen molar-refractivity contribution < 1.29 is 4.39 Å². The number of rotatable bonds is 0. The van der Waals surface area contributed by atoms with E-state index in [9.17, 15) is 4.39 Å². The van der Waals surface area contributed by atoms with E-state index in [0.717, 1.165) is 11.0 Å². The zero-order valence-electron chi connectivity index (χ0n) is 7.50. The average Bonchev–Trinajstić information content (AvgIpc) is 2.45. The van der Waals surface area contributed by atoms with E-state index in [2.05, 4.69) is 14.4 Å². The molecule has 0 spiro atoms. The van der Waals surface area contributed by atoms with E-state index >= 15 is 0 Å². The van der Waals surface area contributed by atoms with Crippen LogP contribution in [0, 0.1) is 19.7 Å². The lowest BCUT2D eigenvalue weighted by atomic mass is 10.2. The number of aryl methyl sites for hydroxylation is 2. The van der Waals surface area contributed by atoms with E-state index in [1.165, 1.54) is 0 Å². The Hall–Kier alpha value is -0.950. The normalized spacial score (nSPS) is 11.1. The molecular formula is C9H10FN2P. The van der Waals surface area contributed by atoms with Gasteiger partial charge in [0.2, 0.25) is 0 Å². The lowest BCUT2D eigenvalue weighted by Gasteiger charge is -2.02. The topological polar surface area (TPSA) is 17.8 Å². The molecule has 0 aromatic carbocycles. The third-order valence-electron chi connectivity index (χ3n) is 2.21. The Labute approximate surface area is 78.0 Å². The summed E-state index contributed by atoms with van der Waals surface area (Å²) < 4.78 is 15.2. The smallest absolute Gasteiger partial charge is 0.148 e. The van der Waals surface area contributed by atoms with E-state index < -0.39 is 0 Å². The molecule has 2 rings (SSSR count). The van der Waals surface area contributed by atoms with Gasteiger partial charge >= 0.3 is 0 Å². The number of hydrogen-bond donors (Lipinski definition) is 0. The summed E-state index contributed by atoms with van der Waals surface area (Å²) in [5.74, 6) is -0.205. The predicted octanol–water partition coefficient (Wildman–Crippen LogP) is 2.43. The number of hydrogen-bond acceptors (Lipinski definition) is 1. The number of fused-ring (bicyclic) bond motifs is 1. The van der Waals surface area contributed by atoms with Gasteiger partial charge in [0, 0.05) is 11.6 Å². The van der Waals surface area contributed by atoms with E-state index in [0.29, 0.717) is 11.3 Å². The molecule has 0 N–H and O–H groups in total. The second kappa shape index (κ2) is 2.78. The van der Waals surface area contributed by atoms with Gasteiger partial charge in [-0.1, -0.05) is 0 Å². The van der Waals surface area contributed by atoms with Gasteiger partial charge < -0.3 is 4.34 Å². The predicted molar refractivity (Wildman–Crippen MR) is 54.3 cm³/mol. The Morgan fingerprint density at radius 2 is 2.15 bits per heavy atom. The molecule has 2 heterocycles. The number of pyridine rings is 1. The molecule has 0 saturated heterocycles. The van der Waals surface area contributed by atoms with Gasteiger partial charge in [0.1, 0.15) is 11.5 Å². The van der Waals surface area contributed by atoms with Gasteiger partial charge in [0.15, 0.2) is 0 Å². The quantitative estimate of drug-likeness (QED) is 0.591. The summed E-state index contributed by atoms with van der Waals surface area (Å²) in [6.45, 7) is 3.45. The fraction of sp³-hybridized carbons (Fsp3) is 0.222. The monoisotopic (exact) mass is 196 g/mol. The number of halogens is 1. The molecule has 4 heteroatoms. The van der Waals surface area contributed by atoms with Crippen LogP contribution >= 0.6 is 9.39 Å². The van der Waals surface area contributed by atoms with Crippen molar-refractivity contribution in [2.45, 2.75) is 13.8 Å². The number of nitrogens with zero attached hydrogens (tertiary/aromatic N) is 2. The van der Waals surface area contributed by atoms with Gasteiger partial charge in [0.25, 0.3) is 0 Å². The maximum absolute atomic E-state index is 13.4. The summed E-state index contributed by atoms with van der Waals surface area (Å²) in [4.78, 5) is 4.16. The van der Waals surface area contributed by atoms with Crippen LogP contribution in [0.1, 0.15) is 11.3 Å². The van der Waals surface area contributed by atoms with Crippen molar-refractivity contribution in [1.82, 2.24) is 9.32 Å². The number of aromatic nitrogens is 2. The minimum atomic E-state index is -0.205. The van der Waals surface area contributed by atoms with E-state index in [1.54, 1.807) is 13.8 Å². The summed E-state index contributed by atoms with van der Waals surface area (Å²) in [5, 5.41) is 0.873. The van der Waals surface area contributed by atoms with Crippen LogP contribution in [0.15, 0.2) is 12.3 Å². The van der Waals surface area contributed by atoms with Crippen LogP contribution in [0.3, 0.4) is 0 Å². The van der Waals surface area contributed by atoms with Crippen LogP contribution in [0.5, 0.6) is 0 Å². The molecule has 0 saturated carbocycles. The highest BCUT2D eigenvalue weighted by molar-refractivity contribution is 7.14. The van der Waals surface area contributed by atoms with Gasteiger partial charge in [-0.15, -0.1) is 0 Å². The molecule has 13 heavy (non-hydrogen) atoms. The summed E-state index contributed by atoms with van der Waals surface area (Å²) in [6, 6.07) is 1.87. The molecular weight excluding hydrogens is 186 g/mol. The van der Waals surface area contributed by atoms with Crippen molar-refractivity contribution in [3.8, 4) is 0 Å². The Bertz CT molecular complexity index is 476. The first-order valence-corrected chi connectivity index (χ1v) is 4.51. The van der Waals surface area contributed by atoms with Crippen LogP contribution in [0.25, 0.3) is 11.0 Å². The van der Waals surface area contributed by atoms with Gasteiger partial charge in [-0.2, -0.15) is 0 Å². The molecule has 1 unspecified atom stereocenters. The lowest BCUT2D eigenvalue weighted by molar-refractivity contribution is 0.604. The first kappa shape index (κ1) is 8.64. The van der Waals surface area contributed by atoms with Crippen LogP contribution in [0.2, 0.25) is 0 Å². The van der Waals surface area contributed by atoms with E-state index in [4.69, 9.17) is 0 Å². The largest absolute Gasteiger partial charge is 0.317 e. The van der Waals surface area contributed by atoms with Crippen molar-refractivity contribution >= 4 is 20.4 Å². The minimum absolute atomic E-state index is 0.205. The molecule has 2 nitrogen and oxygen atoms in total. The molecule has 2 aromatic heterocycles. The van der Waals surface area contributed by atoms with Crippen LogP contribution in [-0.2, 0) is 0 Å². The lowest BCUT2D eigenvalue weighted by Crippen LogP contribution is -1.94. The third kappa shape index (κ3) is 1.15. The fourth-order valence-electron chi connectivity index (χ4n) is 1.45. The van der Waals surface area contributed by atoms with Gasteiger partial charge in [-0.3, -0.25) is 0 Å². The molecule has 2 aromatic rings. The fourth-order valence-corrected chi connectivity index (χ4v) is 1.73. The highest BCUT2D eigenvalue weighted by atomic mass is 31.0. The van der Waals surface area contributed by atoms with Crippen molar-refractivity contribution in [1.29, 1.82) is 0 Å². The van der Waals surface area contributed by atoms with Crippen molar-refractivity contribution in [3.63, 3.8) is 0 Å². The second-order valence-corrected chi connectivity index (χ2v) is 3.65. The maximum atomic E-state index is 13.4. The van der Waals surface area contributed by atoms with Crippen LogP contribution < -0.4 is 0 Å². The zero-order chi connectivity index (χ0) is 9.59. The highest BCUT2D eigenvalue weighted by Crippen LogP contribution is 2.23. The Kier molecular flexibility index (Phi) is 1.85. The first-order chi connectivity index (χ1) is 6.11. The van der Waals surface area contributed by atoms with Gasteiger partial charge in [-0.25, -0.2) is 9.37 Å². The minimum Gasteiger partial charge on any atom is -0.317 e. The van der Waals surface area contributed by atoms with Crippen LogP contribution in [-0.4, -0.2) is 9.32 Å². The standard InChI is InChI=1S/C9H10FN2P/c1-5-7-3-4-12(13)9(7)11-6(2)8(5)10/h3-4H,13H2,1-2H3. The van der Waals surface area contributed by atoms with Gasteiger partial charge in [-0.05, 0) is 34.9 Å². The molecule has 68 valence electrons. The Morgan fingerprint density at radius 1 is 1.46 bits per heavy atom. The molecule has 0 bridgehead atoms. The molecule has 0 aliphatic carbocycles. The molecule has 0 fully saturated rings. The third-order valence-corrected chi connectivity index (χ3v) is 2.63. The summed E-state index contributed by atoms with van der Waals surface area (Å²) in [5.41, 5.74) is 1.93. The Morgan fingerprint density at radius 3 is 2.85 bits per heavy atom. The maximum Gasteiger partial charge on any atom is 0.148 e. The Balaban J connectivity index is 2.96. The van der Waals surface area contributed by atoms with Crippen LogP contribution in [0.4, 0.5) is 4.39 Å². The zero-order valence-corrected chi connectivity index (χ0v) is 8.66. The second-order valence-electron chi connectivity index (χ2n) is 3.10. The van der Waals surface area contributed by atoms with Gasteiger partial charge in [0.05, 0.1) is 5.69 Å². The summed E-state index contributed by atoms with van der Waals surface area (Å²) >= 11 is 0. The van der Waals surface area contributed by atoms with E-state index in [-0.39, 0.29) is 5.82 Å².